The largest absolute Gasteiger partial charge is 0.448 e. The molecule has 0 spiro atoms. The van der Waals surface area contributed by atoms with Gasteiger partial charge in [0.1, 0.15) is 6.61 Å². The van der Waals surface area contributed by atoms with E-state index in [-0.39, 0.29) is 18.2 Å². The summed E-state index contributed by atoms with van der Waals surface area (Å²) in [6.07, 6.45) is 4.23. The van der Waals surface area contributed by atoms with E-state index in [1.165, 1.54) is 0 Å². The van der Waals surface area contributed by atoms with Gasteiger partial charge in [0.2, 0.25) is 0 Å². The lowest BCUT2D eigenvalue weighted by Crippen LogP contribution is -2.46. The Bertz CT molecular complexity index is 1700. The highest BCUT2D eigenvalue weighted by molar-refractivity contribution is 5.74. The topological polar surface area (TPSA) is 78.9 Å². The quantitative estimate of drug-likeness (QED) is 0.281. The average Bonchev–Trinajstić information content (AvgIpc) is 3.52. The Hall–Kier alpha value is -5.60. The van der Waals surface area contributed by atoms with Crippen molar-refractivity contribution in [1.82, 2.24) is 24.7 Å². The summed E-state index contributed by atoms with van der Waals surface area (Å²) in [4.78, 5) is 37.7. The second-order valence-corrected chi connectivity index (χ2v) is 10.7. The van der Waals surface area contributed by atoms with Crippen LogP contribution in [0.25, 0.3) is 0 Å². The van der Waals surface area contributed by atoms with E-state index in [2.05, 4.69) is 33.6 Å². The van der Waals surface area contributed by atoms with Crippen molar-refractivity contribution in [2.24, 2.45) is 0 Å². The summed E-state index contributed by atoms with van der Waals surface area (Å²) in [6.45, 7) is 5.18. The second-order valence-electron chi connectivity index (χ2n) is 10.7. The van der Waals surface area contributed by atoms with E-state index in [1.54, 1.807) is 22.2 Å². The molecule has 2 fully saturated rings. The van der Waals surface area contributed by atoms with Crippen molar-refractivity contribution in [2.45, 2.75) is 25.9 Å². The molecule has 1 atom stereocenters. The highest BCUT2D eigenvalue weighted by Crippen LogP contribution is 2.21. The summed E-state index contributed by atoms with van der Waals surface area (Å²) >= 11 is 0. The molecule has 0 saturated carbocycles. The number of benzene rings is 2. The number of aromatic nitrogens is 2. The maximum Gasteiger partial charge on any atom is 0.410 e. The van der Waals surface area contributed by atoms with Crippen LogP contribution < -0.4 is 0 Å². The third-order valence-electron chi connectivity index (χ3n) is 7.42. The molecular formula is C37H35N5O3. The molecule has 2 aliphatic heterocycles. The lowest BCUT2D eigenvalue weighted by molar-refractivity contribution is 0.137. The Morgan fingerprint density at radius 2 is 1.33 bits per heavy atom. The van der Waals surface area contributed by atoms with Crippen LogP contribution in [-0.2, 0) is 11.3 Å². The van der Waals surface area contributed by atoms with E-state index >= 15 is 0 Å². The fourth-order valence-corrected chi connectivity index (χ4v) is 4.84. The van der Waals surface area contributed by atoms with Crippen LogP contribution in [0.5, 0.6) is 0 Å². The van der Waals surface area contributed by atoms with Gasteiger partial charge >= 0.3 is 12.1 Å². The molecule has 1 unspecified atom stereocenters. The van der Waals surface area contributed by atoms with E-state index in [9.17, 15) is 9.59 Å². The predicted molar refractivity (Wildman–Crippen MR) is 173 cm³/mol. The summed E-state index contributed by atoms with van der Waals surface area (Å²) in [5.74, 6) is 12.4. The normalized spacial score (nSPS) is 14.7. The number of pyridine rings is 2. The maximum atomic E-state index is 12.1. The summed E-state index contributed by atoms with van der Waals surface area (Å²) in [5.41, 5.74) is 5.41. The number of carbonyl (C=O) groups excluding carboxylic acids is 2. The number of carbonyl (C=O) groups is 2. The van der Waals surface area contributed by atoms with Crippen molar-refractivity contribution in [3.05, 3.63) is 131 Å². The van der Waals surface area contributed by atoms with Crippen LogP contribution in [0.15, 0.2) is 97.3 Å². The van der Waals surface area contributed by atoms with Crippen molar-refractivity contribution in [3.63, 3.8) is 0 Å². The van der Waals surface area contributed by atoms with E-state index in [0.717, 1.165) is 53.2 Å². The number of hydrogen-bond acceptors (Lipinski definition) is 5. The van der Waals surface area contributed by atoms with Crippen LogP contribution >= 0.6 is 0 Å². The summed E-state index contributed by atoms with van der Waals surface area (Å²) in [6, 6.07) is 27.4. The minimum absolute atomic E-state index is 0.0750. The van der Waals surface area contributed by atoms with Crippen molar-refractivity contribution >= 4 is 12.1 Å². The molecule has 0 radical (unpaired) electrons. The second kappa shape index (κ2) is 15.2. The molecule has 0 aliphatic carbocycles. The van der Waals surface area contributed by atoms with Gasteiger partial charge in [-0.3, -0.25) is 14.9 Å². The van der Waals surface area contributed by atoms with Gasteiger partial charge in [-0.05, 0) is 61.9 Å². The molecule has 3 amide bonds. The molecule has 2 aliphatic rings. The lowest BCUT2D eigenvalue weighted by atomic mass is 10.1. The molecule has 2 aromatic carbocycles. The van der Waals surface area contributed by atoms with Gasteiger partial charge in [-0.25, -0.2) is 9.59 Å². The van der Waals surface area contributed by atoms with Gasteiger partial charge in [0, 0.05) is 54.8 Å². The zero-order valence-electron chi connectivity index (χ0n) is 25.5. The summed E-state index contributed by atoms with van der Waals surface area (Å²) < 4.78 is 4.96. The predicted octanol–water partition coefficient (Wildman–Crippen LogP) is 5.73. The Morgan fingerprint density at radius 3 is 1.87 bits per heavy atom. The van der Waals surface area contributed by atoms with Crippen molar-refractivity contribution in [1.29, 1.82) is 0 Å². The first kappa shape index (κ1) is 30.8. The molecule has 4 aromatic rings. The average molecular weight is 598 g/mol. The number of ether oxygens (including phenoxy) is 1. The first-order chi connectivity index (χ1) is 22.0. The standard InChI is InChI=1S/C19H19N3O.C18H16N2O2/c1-21-12-5-13-22(19(21)23)15-18-11-10-17(14-20-18)9-8-16-6-3-2-4-7-16;1-14(20-11-12-22-18(20)21)17-10-9-16(13-19-17)8-7-15-5-3-2-4-6-15/h2-4,6-7,10-11,14H,5,12-13,15H2,1H3;2-6,9-10,13-14H,11-12H2,1H3. The van der Waals surface area contributed by atoms with Crippen LogP contribution in [0.1, 0.15) is 53.0 Å². The molecular weight excluding hydrogens is 562 g/mol. The minimum atomic E-state index is -0.276. The van der Waals surface area contributed by atoms with Gasteiger partial charge in [0.05, 0.1) is 30.5 Å². The van der Waals surface area contributed by atoms with Crippen LogP contribution in [0.3, 0.4) is 0 Å². The molecule has 0 bridgehead atoms. The van der Waals surface area contributed by atoms with Crippen LogP contribution in [0, 0.1) is 23.7 Å². The lowest BCUT2D eigenvalue weighted by Gasteiger charge is -2.33. The maximum absolute atomic E-state index is 12.1. The molecule has 4 heterocycles. The number of cyclic esters (lactones) is 1. The molecule has 8 heteroatoms. The van der Waals surface area contributed by atoms with Crippen LogP contribution in [-0.4, -0.2) is 70.1 Å². The first-order valence-corrected chi connectivity index (χ1v) is 14.9. The number of rotatable bonds is 4. The van der Waals surface area contributed by atoms with Crippen LogP contribution in [0.2, 0.25) is 0 Å². The Morgan fingerprint density at radius 1 is 0.733 bits per heavy atom. The molecule has 2 aromatic heterocycles. The molecule has 8 nitrogen and oxygen atoms in total. The van der Waals surface area contributed by atoms with Crippen molar-refractivity contribution < 1.29 is 14.3 Å². The van der Waals surface area contributed by atoms with E-state index in [4.69, 9.17) is 4.74 Å². The van der Waals surface area contributed by atoms with Gasteiger partial charge in [0.25, 0.3) is 0 Å². The molecule has 226 valence electrons. The molecule has 2 saturated heterocycles. The highest BCUT2D eigenvalue weighted by atomic mass is 16.6. The Kier molecular flexibility index (Phi) is 10.4. The third kappa shape index (κ3) is 8.72. The van der Waals surface area contributed by atoms with Gasteiger partial charge in [0.15, 0.2) is 0 Å². The zero-order valence-corrected chi connectivity index (χ0v) is 25.5. The van der Waals surface area contributed by atoms with E-state index in [1.807, 2.05) is 104 Å². The van der Waals surface area contributed by atoms with Gasteiger partial charge < -0.3 is 14.5 Å². The van der Waals surface area contributed by atoms with Gasteiger partial charge in [-0.1, -0.05) is 60.1 Å². The fourth-order valence-electron chi connectivity index (χ4n) is 4.84. The van der Waals surface area contributed by atoms with Crippen molar-refractivity contribution in [2.75, 3.05) is 33.3 Å². The zero-order chi connectivity index (χ0) is 31.4. The fraction of sp³-hybridized carbons (Fsp3) is 0.243. The highest BCUT2D eigenvalue weighted by Gasteiger charge is 2.28. The van der Waals surface area contributed by atoms with Crippen molar-refractivity contribution in [3.8, 4) is 23.7 Å². The SMILES string of the molecule is CC(c1ccc(C#Cc2ccccc2)cn1)N1CCOC1=O.CN1CCCN(Cc2ccc(C#Cc3ccccc3)cn2)C1=O. The van der Waals surface area contributed by atoms with E-state index in [0.29, 0.717) is 19.7 Å². The van der Waals surface area contributed by atoms with Gasteiger partial charge in [-0.15, -0.1) is 0 Å². The van der Waals surface area contributed by atoms with E-state index < -0.39 is 0 Å². The smallest absolute Gasteiger partial charge is 0.410 e. The summed E-state index contributed by atoms with van der Waals surface area (Å²) in [7, 11) is 1.84. The van der Waals surface area contributed by atoms with Crippen LogP contribution in [0.4, 0.5) is 9.59 Å². The third-order valence-corrected chi connectivity index (χ3v) is 7.42. The number of hydrogen-bond donors (Lipinski definition) is 0. The Labute approximate surface area is 264 Å². The number of nitrogens with zero attached hydrogens (tertiary/aromatic N) is 5. The number of urea groups is 1. The summed E-state index contributed by atoms with van der Waals surface area (Å²) in [5, 5.41) is 0. The Balaban J connectivity index is 0.000000178. The first-order valence-electron chi connectivity index (χ1n) is 14.9. The molecule has 45 heavy (non-hydrogen) atoms. The number of amides is 3. The minimum Gasteiger partial charge on any atom is -0.448 e. The molecule has 6 rings (SSSR count). The van der Waals surface area contributed by atoms with Gasteiger partial charge in [-0.2, -0.15) is 0 Å². The monoisotopic (exact) mass is 597 g/mol. The molecule has 0 N–H and O–H groups in total.